The topological polar surface area (TPSA) is 95.6 Å². The first-order valence-electron chi connectivity index (χ1n) is 12.4. The second kappa shape index (κ2) is 11.8. The molecule has 1 aliphatic heterocycles. The van der Waals surface area contributed by atoms with Crippen LogP contribution in [-0.2, 0) is 14.8 Å². The first-order chi connectivity index (χ1) is 17.3. The van der Waals surface area contributed by atoms with Gasteiger partial charge in [0.05, 0.1) is 5.92 Å². The van der Waals surface area contributed by atoms with E-state index < -0.39 is 21.8 Å². The highest BCUT2D eigenvalue weighted by atomic mass is 32.2. The summed E-state index contributed by atoms with van der Waals surface area (Å²) in [4.78, 5) is 25.8. The minimum atomic E-state index is -3.65. The Balaban J connectivity index is 1.36. The SMILES string of the molecule is O=C(N[C@@H]1CCCC[C@H]1NC(=O)[C@@H]1CCCN(S(=O)(=O)/C=C/c2ccccc2)C1)c1ccc(F)cc1. The molecule has 2 aromatic rings. The number of hydrogen-bond acceptors (Lipinski definition) is 4. The van der Waals surface area contributed by atoms with E-state index in [9.17, 15) is 22.4 Å². The molecular weight excluding hydrogens is 481 g/mol. The third-order valence-corrected chi connectivity index (χ3v) is 8.39. The van der Waals surface area contributed by atoms with Crippen LogP contribution in [-0.4, -0.2) is 49.7 Å². The number of carbonyl (C=O) groups excluding carboxylic acids is 2. The molecular formula is C27H32FN3O4S. The van der Waals surface area contributed by atoms with E-state index in [4.69, 9.17) is 0 Å². The summed E-state index contributed by atoms with van der Waals surface area (Å²) in [6.07, 6.45) is 6.11. The molecule has 36 heavy (non-hydrogen) atoms. The zero-order valence-electron chi connectivity index (χ0n) is 20.1. The lowest BCUT2D eigenvalue weighted by Gasteiger charge is -2.35. The van der Waals surface area contributed by atoms with Crippen LogP contribution in [0.5, 0.6) is 0 Å². The van der Waals surface area contributed by atoms with Crippen LogP contribution < -0.4 is 10.6 Å². The normalized spacial score (nSPS) is 23.3. The fraction of sp³-hybridized carbons (Fsp3) is 0.407. The molecule has 1 saturated carbocycles. The number of amides is 2. The largest absolute Gasteiger partial charge is 0.351 e. The minimum absolute atomic E-state index is 0.132. The number of sulfonamides is 1. The first-order valence-corrected chi connectivity index (χ1v) is 13.9. The maximum absolute atomic E-state index is 13.2. The van der Waals surface area contributed by atoms with Crippen molar-refractivity contribution in [3.8, 4) is 0 Å². The molecule has 2 aromatic carbocycles. The molecule has 1 saturated heterocycles. The minimum Gasteiger partial charge on any atom is -0.351 e. The quantitative estimate of drug-likeness (QED) is 0.590. The molecule has 1 aliphatic carbocycles. The van der Waals surface area contributed by atoms with Gasteiger partial charge in [0.2, 0.25) is 15.9 Å². The van der Waals surface area contributed by atoms with Gasteiger partial charge in [-0.25, -0.2) is 12.8 Å². The molecule has 3 atom stereocenters. The average Bonchev–Trinajstić information content (AvgIpc) is 2.89. The lowest BCUT2D eigenvalue weighted by Crippen LogP contribution is -2.55. The number of halogens is 1. The van der Waals surface area contributed by atoms with Crippen molar-refractivity contribution in [1.29, 1.82) is 0 Å². The summed E-state index contributed by atoms with van der Waals surface area (Å²) in [7, 11) is -3.65. The highest BCUT2D eigenvalue weighted by Crippen LogP contribution is 2.24. The van der Waals surface area contributed by atoms with Gasteiger partial charge in [-0.15, -0.1) is 0 Å². The molecule has 2 aliphatic rings. The highest BCUT2D eigenvalue weighted by molar-refractivity contribution is 7.92. The van der Waals surface area contributed by atoms with Gasteiger partial charge < -0.3 is 10.6 Å². The van der Waals surface area contributed by atoms with Crippen molar-refractivity contribution in [2.24, 2.45) is 5.92 Å². The van der Waals surface area contributed by atoms with Crippen LogP contribution in [0.2, 0.25) is 0 Å². The second-order valence-corrected chi connectivity index (χ2v) is 11.3. The number of rotatable bonds is 7. The molecule has 7 nitrogen and oxygen atoms in total. The summed E-state index contributed by atoms with van der Waals surface area (Å²) in [6, 6.07) is 14.1. The van der Waals surface area contributed by atoms with E-state index in [1.807, 2.05) is 30.3 Å². The molecule has 0 spiro atoms. The molecule has 0 unspecified atom stereocenters. The van der Waals surface area contributed by atoms with Gasteiger partial charge in [-0.1, -0.05) is 43.2 Å². The molecule has 2 fully saturated rings. The van der Waals surface area contributed by atoms with Crippen molar-refractivity contribution < 1.29 is 22.4 Å². The van der Waals surface area contributed by atoms with E-state index in [1.54, 1.807) is 6.08 Å². The summed E-state index contributed by atoms with van der Waals surface area (Å²) in [5, 5.41) is 7.27. The van der Waals surface area contributed by atoms with Crippen LogP contribution in [0.1, 0.15) is 54.4 Å². The van der Waals surface area contributed by atoms with Crippen molar-refractivity contribution in [2.75, 3.05) is 13.1 Å². The van der Waals surface area contributed by atoms with E-state index in [1.165, 1.54) is 34.0 Å². The average molecular weight is 514 g/mol. The Morgan fingerprint density at radius 3 is 2.25 bits per heavy atom. The maximum atomic E-state index is 13.2. The maximum Gasteiger partial charge on any atom is 0.251 e. The standard InChI is InChI=1S/C27H32FN3O4S/c28-23-14-12-21(13-15-23)26(32)29-24-10-4-5-11-25(24)30-27(33)22-9-6-17-31(19-22)36(34,35)18-16-20-7-2-1-3-8-20/h1-3,7-8,12-16,18,22,24-25H,4-6,9-11,17,19H2,(H,29,32)(H,30,33)/b18-16+/t22-,24-,25-/m1/s1. The van der Waals surface area contributed by atoms with Crippen molar-refractivity contribution in [1.82, 2.24) is 14.9 Å². The zero-order valence-corrected chi connectivity index (χ0v) is 20.9. The Bertz CT molecular complexity index is 1190. The lowest BCUT2D eigenvalue weighted by molar-refractivity contribution is -0.127. The van der Waals surface area contributed by atoms with Gasteiger partial charge in [-0.05, 0) is 61.6 Å². The molecule has 0 aromatic heterocycles. The number of hydrogen-bond donors (Lipinski definition) is 2. The molecule has 2 N–H and O–H groups in total. The molecule has 0 bridgehead atoms. The van der Waals surface area contributed by atoms with Crippen molar-refractivity contribution in [3.05, 3.63) is 76.9 Å². The van der Waals surface area contributed by atoms with E-state index >= 15 is 0 Å². The Morgan fingerprint density at radius 2 is 1.56 bits per heavy atom. The van der Waals surface area contributed by atoms with Crippen LogP contribution in [0, 0.1) is 11.7 Å². The van der Waals surface area contributed by atoms with Gasteiger partial charge in [-0.2, -0.15) is 4.31 Å². The third-order valence-electron chi connectivity index (χ3n) is 6.86. The Labute approximate surface area is 211 Å². The van der Waals surface area contributed by atoms with Crippen LogP contribution in [0.15, 0.2) is 60.0 Å². The van der Waals surface area contributed by atoms with Crippen molar-refractivity contribution >= 4 is 27.9 Å². The van der Waals surface area contributed by atoms with E-state index in [2.05, 4.69) is 10.6 Å². The Kier molecular flexibility index (Phi) is 8.53. The van der Waals surface area contributed by atoms with Crippen molar-refractivity contribution in [3.63, 3.8) is 0 Å². The van der Waals surface area contributed by atoms with Gasteiger partial charge in [0.25, 0.3) is 5.91 Å². The van der Waals surface area contributed by atoms with E-state index in [0.29, 0.717) is 24.9 Å². The predicted octanol–water partition coefficient (Wildman–Crippen LogP) is 3.70. The van der Waals surface area contributed by atoms with E-state index in [0.717, 1.165) is 31.2 Å². The first kappa shape index (κ1) is 26.0. The summed E-state index contributed by atoms with van der Waals surface area (Å²) in [5.41, 5.74) is 1.15. The molecule has 192 valence electrons. The number of nitrogens with one attached hydrogen (secondary N) is 2. The van der Waals surface area contributed by atoms with E-state index in [-0.39, 0.29) is 30.4 Å². The van der Waals surface area contributed by atoms with Gasteiger partial charge >= 0.3 is 0 Å². The monoisotopic (exact) mass is 513 g/mol. The fourth-order valence-corrected chi connectivity index (χ4v) is 6.10. The molecule has 1 heterocycles. The van der Waals surface area contributed by atoms with Gasteiger partial charge in [0, 0.05) is 36.1 Å². The summed E-state index contributed by atoms with van der Waals surface area (Å²) in [5.74, 6) is -1.35. The number of nitrogens with zero attached hydrogens (tertiary/aromatic N) is 1. The predicted molar refractivity (Wildman–Crippen MR) is 137 cm³/mol. The number of piperidine rings is 1. The van der Waals surface area contributed by atoms with Crippen LogP contribution >= 0.6 is 0 Å². The summed E-state index contributed by atoms with van der Waals surface area (Å²) in [6.45, 7) is 0.512. The summed E-state index contributed by atoms with van der Waals surface area (Å²) < 4.78 is 40.3. The highest BCUT2D eigenvalue weighted by Gasteiger charge is 2.34. The number of benzene rings is 2. The lowest BCUT2D eigenvalue weighted by atomic mass is 9.89. The molecule has 4 rings (SSSR count). The smallest absolute Gasteiger partial charge is 0.251 e. The second-order valence-electron chi connectivity index (χ2n) is 9.44. The van der Waals surface area contributed by atoms with Crippen molar-refractivity contribution in [2.45, 2.75) is 50.6 Å². The Morgan fingerprint density at radius 1 is 0.889 bits per heavy atom. The van der Waals surface area contributed by atoms with Gasteiger partial charge in [0.15, 0.2) is 0 Å². The summed E-state index contributed by atoms with van der Waals surface area (Å²) >= 11 is 0. The molecule has 0 radical (unpaired) electrons. The Hall–Kier alpha value is -3.04. The zero-order chi connectivity index (χ0) is 25.5. The van der Waals surface area contributed by atoms with Gasteiger partial charge in [-0.3, -0.25) is 9.59 Å². The fourth-order valence-electron chi connectivity index (χ4n) is 4.83. The third kappa shape index (κ3) is 6.79. The number of carbonyl (C=O) groups is 2. The van der Waals surface area contributed by atoms with Crippen LogP contribution in [0.4, 0.5) is 4.39 Å². The van der Waals surface area contributed by atoms with Crippen LogP contribution in [0.3, 0.4) is 0 Å². The van der Waals surface area contributed by atoms with Gasteiger partial charge in [0.1, 0.15) is 5.82 Å². The molecule has 2 amide bonds. The molecule has 9 heteroatoms. The van der Waals surface area contributed by atoms with Crippen LogP contribution in [0.25, 0.3) is 6.08 Å².